The molecule has 0 radical (unpaired) electrons. The summed E-state index contributed by atoms with van der Waals surface area (Å²) in [5, 5.41) is 2.95. The maximum absolute atomic E-state index is 13.7. The van der Waals surface area contributed by atoms with Gasteiger partial charge in [0.05, 0.1) is 48.3 Å². The minimum atomic E-state index is -4.65. The number of nitrogens with two attached hydrogens (primary N) is 1. The van der Waals surface area contributed by atoms with Crippen molar-refractivity contribution < 1.29 is 27.6 Å². The summed E-state index contributed by atoms with van der Waals surface area (Å²) in [6.07, 6.45) is -3.84. The van der Waals surface area contributed by atoms with Gasteiger partial charge in [0.15, 0.2) is 0 Å². The molecule has 40 heavy (non-hydrogen) atoms. The summed E-state index contributed by atoms with van der Waals surface area (Å²) in [6.45, 7) is -0.361. The molecule has 0 fully saturated rings. The van der Waals surface area contributed by atoms with E-state index in [0.29, 0.717) is 4.88 Å². The second-order valence-corrected chi connectivity index (χ2v) is 10.5. The maximum atomic E-state index is 13.7. The lowest BCUT2D eigenvalue weighted by Crippen LogP contribution is -2.47. The number of carbonyl (C=O) groups is 3. The molecule has 2 aromatic carbocycles. The highest BCUT2D eigenvalue weighted by Gasteiger charge is 2.38. The number of nitrogens with one attached hydrogen (secondary N) is 1. The van der Waals surface area contributed by atoms with E-state index in [0.717, 1.165) is 28.5 Å². The Morgan fingerprint density at radius 2 is 1.73 bits per heavy atom. The van der Waals surface area contributed by atoms with Crippen LogP contribution in [0, 0.1) is 0 Å². The molecule has 0 saturated heterocycles. The minimum Gasteiger partial charge on any atom is -0.403 e. The molecule has 1 aromatic heterocycles. The topological polar surface area (TPSA) is 105 Å². The Kier molecular flexibility index (Phi) is 8.67. The quantitative estimate of drug-likeness (QED) is 0.260. The lowest BCUT2D eigenvalue weighted by Gasteiger charge is -2.25. The second-order valence-electron chi connectivity index (χ2n) is 8.67. The van der Waals surface area contributed by atoms with Gasteiger partial charge in [0, 0.05) is 19.8 Å². The third-order valence-electron chi connectivity index (χ3n) is 6.13. The summed E-state index contributed by atoms with van der Waals surface area (Å²) in [6, 6.07) is 11.4. The molecule has 0 aliphatic carbocycles. The lowest BCUT2D eigenvalue weighted by molar-refractivity contribution is -0.138. The van der Waals surface area contributed by atoms with Gasteiger partial charge in [-0.2, -0.15) is 13.2 Å². The first-order chi connectivity index (χ1) is 19.0. The van der Waals surface area contributed by atoms with Gasteiger partial charge in [-0.1, -0.05) is 53.5 Å². The Morgan fingerprint density at radius 3 is 2.30 bits per heavy atom. The summed E-state index contributed by atoms with van der Waals surface area (Å²) in [5.74, 6) is -1.87. The van der Waals surface area contributed by atoms with Crippen LogP contribution in [0.25, 0.3) is 0 Å². The standard InChI is InChI=1S/C27H21Cl2F3N4O3S/c1-34-22(20(29)12-33)23-19(28)11-21(40-23)24(37)35-15(10-14-6-2-5-9-18(14)27(30,31)32)13-36-25(38)16-7-3-4-8-17(16)26(36)39/h2-9,11-12,15H,10,13,33H2,1H3,(H,35,37). The number of carbonyl (C=O) groups excluding carboxylic acids is 3. The Labute approximate surface area is 241 Å². The zero-order chi connectivity index (χ0) is 29.2. The van der Waals surface area contributed by atoms with Crippen molar-refractivity contribution in [3.8, 4) is 0 Å². The number of alkyl halides is 3. The van der Waals surface area contributed by atoms with Gasteiger partial charge in [-0.25, -0.2) is 0 Å². The van der Waals surface area contributed by atoms with Crippen molar-refractivity contribution in [2.24, 2.45) is 10.7 Å². The first kappa shape index (κ1) is 29.3. The molecule has 7 nitrogen and oxygen atoms in total. The van der Waals surface area contributed by atoms with Crippen LogP contribution in [0.1, 0.15) is 46.4 Å². The maximum Gasteiger partial charge on any atom is 0.416 e. The molecule has 208 valence electrons. The molecule has 0 bridgehead atoms. The van der Waals surface area contributed by atoms with Gasteiger partial charge in [-0.15, -0.1) is 11.3 Å². The Bertz CT molecular complexity index is 1520. The molecule has 4 rings (SSSR count). The fraction of sp³-hybridized carbons (Fsp3) is 0.185. The van der Waals surface area contributed by atoms with E-state index in [9.17, 15) is 27.6 Å². The number of fused-ring (bicyclic) bond motifs is 1. The zero-order valence-electron chi connectivity index (χ0n) is 20.8. The molecular formula is C27H21Cl2F3N4O3S. The van der Waals surface area contributed by atoms with Crippen molar-refractivity contribution in [2.75, 3.05) is 13.6 Å². The van der Waals surface area contributed by atoms with E-state index in [2.05, 4.69) is 10.3 Å². The largest absolute Gasteiger partial charge is 0.416 e. The normalized spacial score (nSPS) is 14.9. The fourth-order valence-electron chi connectivity index (χ4n) is 4.32. The smallest absolute Gasteiger partial charge is 0.403 e. The first-order valence-electron chi connectivity index (χ1n) is 11.7. The van der Waals surface area contributed by atoms with E-state index < -0.39 is 35.5 Å². The van der Waals surface area contributed by atoms with Crippen LogP contribution < -0.4 is 11.1 Å². The van der Waals surface area contributed by atoms with Crippen LogP contribution >= 0.6 is 34.5 Å². The third kappa shape index (κ3) is 5.91. The summed E-state index contributed by atoms with van der Waals surface area (Å²) in [7, 11) is 1.47. The SMILES string of the molecule is CN=C(C(Cl)=CN)c1sc(C(=O)NC(Cc2ccccc2C(F)(F)F)CN2C(=O)c3ccccc3C2=O)cc1Cl. The molecule has 1 unspecified atom stereocenters. The van der Waals surface area contributed by atoms with Gasteiger partial charge >= 0.3 is 6.18 Å². The molecule has 3 aromatic rings. The zero-order valence-corrected chi connectivity index (χ0v) is 23.1. The molecule has 13 heteroatoms. The van der Waals surface area contributed by atoms with Crippen LogP contribution in [0.2, 0.25) is 5.02 Å². The number of nitrogens with zero attached hydrogens (tertiary/aromatic N) is 2. The number of hydrogen-bond acceptors (Lipinski definition) is 6. The number of halogens is 5. The van der Waals surface area contributed by atoms with Crippen LogP contribution in [-0.2, 0) is 12.6 Å². The van der Waals surface area contributed by atoms with Crippen LogP contribution in [0.5, 0.6) is 0 Å². The number of hydrogen-bond donors (Lipinski definition) is 2. The molecule has 3 amide bonds. The number of amides is 3. The third-order valence-corrected chi connectivity index (χ3v) is 7.98. The second kappa shape index (κ2) is 11.8. The predicted molar refractivity (Wildman–Crippen MR) is 148 cm³/mol. The summed E-state index contributed by atoms with van der Waals surface area (Å²) < 4.78 is 41.2. The number of allylic oxidation sites excluding steroid dienone is 1. The Morgan fingerprint density at radius 1 is 1.12 bits per heavy atom. The van der Waals surface area contributed by atoms with Crippen molar-refractivity contribution in [3.63, 3.8) is 0 Å². The minimum absolute atomic E-state index is 0.102. The lowest BCUT2D eigenvalue weighted by atomic mass is 9.99. The molecular weight excluding hydrogens is 588 g/mol. The highest BCUT2D eigenvalue weighted by molar-refractivity contribution is 7.17. The number of benzene rings is 2. The highest BCUT2D eigenvalue weighted by Crippen LogP contribution is 2.34. The van der Waals surface area contributed by atoms with Gasteiger partial charge in [0.2, 0.25) is 0 Å². The van der Waals surface area contributed by atoms with Crippen LogP contribution in [0.15, 0.2) is 70.8 Å². The van der Waals surface area contributed by atoms with Gasteiger partial charge in [-0.3, -0.25) is 24.3 Å². The van der Waals surface area contributed by atoms with Crippen molar-refractivity contribution in [3.05, 3.63) is 103 Å². The average Bonchev–Trinajstić information content (AvgIpc) is 3.42. The molecule has 1 atom stereocenters. The number of thiophene rings is 1. The van der Waals surface area contributed by atoms with Crippen molar-refractivity contribution >= 4 is 58.0 Å². The van der Waals surface area contributed by atoms with Crippen LogP contribution in [0.3, 0.4) is 0 Å². The van der Waals surface area contributed by atoms with Gasteiger partial charge in [-0.05, 0) is 36.2 Å². The van der Waals surface area contributed by atoms with Crippen molar-refractivity contribution in [1.29, 1.82) is 0 Å². The average molecular weight is 609 g/mol. The Hall–Kier alpha value is -3.67. The van der Waals surface area contributed by atoms with E-state index in [1.54, 1.807) is 12.1 Å². The van der Waals surface area contributed by atoms with E-state index in [1.807, 2.05) is 0 Å². The molecule has 1 aliphatic heterocycles. The van der Waals surface area contributed by atoms with E-state index in [1.165, 1.54) is 43.4 Å². The van der Waals surface area contributed by atoms with E-state index in [-0.39, 0.29) is 50.3 Å². The number of aliphatic imine (C=N–C) groups is 1. The van der Waals surface area contributed by atoms with Crippen molar-refractivity contribution in [1.82, 2.24) is 10.2 Å². The number of imide groups is 1. The molecule has 2 heterocycles. The summed E-state index contributed by atoms with van der Waals surface area (Å²) in [5.41, 5.74) is 5.10. The number of rotatable bonds is 8. The van der Waals surface area contributed by atoms with Crippen LogP contribution in [0.4, 0.5) is 13.2 Å². The summed E-state index contributed by atoms with van der Waals surface area (Å²) >= 11 is 13.4. The van der Waals surface area contributed by atoms with Crippen molar-refractivity contribution in [2.45, 2.75) is 18.6 Å². The van der Waals surface area contributed by atoms with E-state index >= 15 is 0 Å². The molecule has 3 N–H and O–H groups in total. The monoisotopic (exact) mass is 608 g/mol. The Balaban J connectivity index is 1.66. The molecule has 0 saturated carbocycles. The van der Waals surface area contributed by atoms with E-state index in [4.69, 9.17) is 28.9 Å². The molecule has 0 spiro atoms. The summed E-state index contributed by atoms with van der Waals surface area (Å²) in [4.78, 5) is 44.7. The fourth-order valence-corrected chi connectivity index (χ4v) is 5.94. The first-order valence-corrected chi connectivity index (χ1v) is 13.3. The van der Waals surface area contributed by atoms with Gasteiger partial charge in [0.1, 0.15) is 0 Å². The van der Waals surface area contributed by atoms with Gasteiger partial charge in [0.25, 0.3) is 17.7 Å². The predicted octanol–water partition coefficient (Wildman–Crippen LogP) is 5.52. The molecule has 1 aliphatic rings. The van der Waals surface area contributed by atoms with Crippen LogP contribution in [-0.4, -0.2) is 48.0 Å². The van der Waals surface area contributed by atoms with Gasteiger partial charge < -0.3 is 11.1 Å². The highest BCUT2D eigenvalue weighted by atomic mass is 35.5.